The summed E-state index contributed by atoms with van der Waals surface area (Å²) in [6, 6.07) is 17.8. The third-order valence-corrected chi connectivity index (χ3v) is 4.51. The number of nitrogens with zero attached hydrogens (tertiary/aromatic N) is 1. The molecule has 2 aliphatic heterocycles. The molecule has 21 heavy (non-hydrogen) atoms. The molecule has 2 N–H and O–H groups in total. The van der Waals surface area contributed by atoms with Gasteiger partial charge in [-0.2, -0.15) is 0 Å². The Balaban J connectivity index is 1.72. The van der Waals surface area contributed by atoms with Crippen LogP contribution in [0.5, 0.6) is 0 Å². The lowest BCUT2D eigenvalue weighted by molar-refractivity contribution is 0.549. The highest BCUT2D eigenvalue weighted by molar-refractivity contribution is 5.76. The van der Waals surface area contributed by atoms with E-state index in [-0.39, 0.29) is 0 Å². The average Bonchev–Trinajstić information content (AvgIpc) is 2.71. The number of hydrogen-bond donors (Lipinski definition) is 2. The topological polar surface area (TPSA) is 27.3 Å². The fourth-order valence-electron chi connectivity index (χ4n) is 3.51. The zero-order valence-electron chi connectivity index (χ0n) is 12.2. The molecule has 0 bridgehead atoms. The van der Waals surface area contributed by atoms with Crippen LogP contribution in [0.1, 0.15) is 17.2 Å². The lowest BCUT2D eigenvalue weighted by Gasteiger charge is -2.32. The van der Waals surface area contributed by atoms with Crippen LogP contribution in [-0.2, 0) is 6.42 Å². The number of hydrogen-bond acceptors (Lipinski definition) is 3. The molecule has 2 aromatic rings. The third-order valence-electron chi connectivity index (χ3n) is 4.51. The highest BCUT2D eigenvalue weighted by Crippen LogP contribution is 2.38. The van der Waals surface area contributed by atoms with Gasteiger partial charge in [0.1, 0.15) is 0 Å². The summed E-state index contributed by atoms with van der Waals surface area (Å²) in [6.45, 7) is 4.28. The molecule has 3 nitrogen and oxygen atoms in total. The summed E-state index contributed by atoms with van der Waals surface area (Å²) in [5.41, 5.74) is 5.53. The summed E-state index contributed by atoms with van der Waals surface area (Å²) in [5.74, 6) is 0. The SMILES string of the molecule is c1ccc(CC2NCCN3CCNc4cccc2c43)cc1. The Bertz CT molecular complexity index is 624. The minimum atomic E-state index is 0.396. The van der Waals surface area contributed by atoms with E-state index in [1.165, 1.54) is 22.5 Å². The van der Waals surface area contributed by atoms with E-state index in [1.54, 1.807) is 0 Å². The van der Waals surface area contributed by atoms with Gasteiger partial charge in [-0.05, 0) is 23.6 Å². The van der Waals surface area contributed by atoms with Crippen LogP contribution in [0.15, 0.2) is 48.5 Å². The highest BCUT2D eigenvalue weighted by Gasteiger charge is 2.26. The summed E-state index contributed by atoms with van der Waals surface area (Å²) < 4.78 is 0. The molecule has 3 heteroatoms. The zero-order valence-corrected chi connectivity index (χ0v) is 12.2. The first kappa shape index (κ1) is 12.7. The Kier molecular flexibility index (Phi) is 3.28. The highest BCUT2D eigenvalue weighted by atomic mass is 15.2. The first-order chi connectivity index (χ1) is 10.4. The predicted molar refractivity (Wildman–Crippen MR) is 88.0 cm³/mol. The van der Waals surface area contributed by atoms with Gasteiger partial charge in [0.15, 0.2) is 0 Å². The molecule has 0 radical (unpaired) electrons. The summed E-state index contributed by atoms with van der Waals surface area (Å²) in [4.78, 5) is 2.53. The Morgan fingerprint density at radius 2 is 1.81 bits per heavy atom. The number of nitrogens with one attached hydrogen (secondary N) is 2. The average molecular weight is 279 g/mol. The van der Waals surface area contributed by atoms with Crippen molar-refractivity contribution >= 4 is 11.4 Å². The molecular weight excluding hydrogens is 258 g/mol. The van der Waals surface area contributed by atoms with Crippen molar-refractivity contribution in [3.8, 4) is 0 Å². The van der Waals surface area contributed by atoms with E-state index in [9.17, 15) is 0 Å². The van der Waals surface area contributed by atoms with Crippen molar-refractivity contribution in [3.63, 3.8) is 0 Å². The minimum Gasteiger partial charge on any atom is -0.382 e. The van der Waals surface area contributed by atoms with Gasteiger partial charge in [-0.25, -0.2) is 0 Å². The summed E-state index contributed by atoms with van der Waals surface area (Å²) in [7, 11) is 0. The second-order valence-electron chi connectivity index (χ2n) is 5.85. The number of benzene rings is 2. The van der Waals surface area contributed by atoms with E-state index < -0.39 is 0 Å². The van der Waals surface area contributed by atoms with Crippen molar-refractivity contribution in [3.05, 3.63) is 59.7 Å². The van der Waals surface area contributed by atoms with Gasteiger partial charge in [-0.15, -0.1) is 0 Å². The van der Waals surface area contributed by atoms with E-state index in [2.05, 4.69) is 64.1 Å². The van der Waals surface area contributed by atoms with E-state index in [1.807, 2.05) is 0 Å². The minimum absolute atomic E-state index is 0.396. The quantitative estimate of drug-likeness (QED) is 0.885. The molecule has 0 amide bonds. The molecule has 0 aliphatic carbocycles. The molecule has 0 fully saturated rings. The Morgan fingerprint density at radius 3 is 2.71 bits per heavy atom. The molecule has 2 aliphatic rings. The molecule has 0 saturated carbocycles. The molecule has 0 aromatic heterocycles. The van der Waals surface area contributed by atoms with Crippen LogP contribution in [0.2, 0.25) is 0 Å². The molecule has 108 valence electrons. The number of rotatable bonds is 2. The van der Waals surface area contributed by atoms with E-state index in [4.69, 9.17) is 0 Å². The molecule has 2 heterocycles. The van der Waals surface area contributed by atoms with Crippen molar-refractivity contribution in [1.82, 2.24) is 5.32 Å². The molecule has 1 unspecified atom stereocenters. The van der Waals surface area contributed by atoms with Crippen LogP contribution in [0.25, 0.3) is 0 Å². The predicted octanol–water partition coefficient (Wildman–Crippen LogP) is 2.81. The van der Waals surface area contributed by atoms with Crippen molar-refractivity contribution < 1.29 is 0 Å². The maximum absolute atomic E-state index is 3.74. The lowest BCUT2D eigenvalue weighted by Crippen LogP contribution is -2.36. The summed E-state index contributed by atoms with van der Waals surface area (Å²) >= 11 is 0. The Hall–Kier alpha value is -2.00. The maximum atomic E-state index is 3.74. The lowest BCUT2D eigenvalue weighted by atomic mass is 9.96. The van der Waals surface area contributed by atoms with E-state index in [0.717, 1.165) is 32.6 Å². The fraction of sp³-hybridized carbons (Fsp3) is 0.333. The standard InChI is InChI=1S/C18H21N3/c1-2-5-14(6-3-1)13-17-15-7-4-8-16-18(15)21(11-9-19-16)12-10-20-17/h1-8,17,19-20H,9-13H2. The Morgan fingerprint density at radius 1 is 0.952 bits per heavy atom. The molecule has 2 aromatic carbocycles. The van der Waals surface area contributed by atoms with Crippen molar-refractivity contribution in [2.45, 2.75) is 12.5 Å². The van der Waals surface area contributed by atoms with Gasteiger partial charge in [0.25, 0.3) is 0 Å². The van der Waals surface area contributed by atoms with Crippen molar-refractivity contribution in [2.75, 3.05) is 36.4 Å². The Labute approximate surface area is 126 Å². The molecule has 4 rings (SSSR count). The first-order valence-electron chi connectivity index (χ1n) is 7.81. The fourth-order valence-corrected chi connectivity index (χ4v) is 3.51. The maximum Gasteiger partial charge on any atom is 0.0651 e. The van der Waals surface area contributed by atoms with Gasteiger partial charge in [0, 0.05) is 32.2 Å². The van der Waals surface area contributed by atoms with Crippen LogP contribution in [-0.4, -0.2) is 26.2 Å². The zero-order chi connectivity index (χ0) is 14.1. The van der Waals surface area contributed by atoms with Gasteiger partial charge in [0.2, 0.25) is 0 Å². The molecule has 1 atom stereocenters. The normalized spacial score (nSPS) is 20.4. The monoisotopic (exact) mass is 279 g/mol. The van der Waals surface area contributed by atoms with Crippen LogP contribution >= 0.6 is 0 Å². The third kappa shape index (κ3) is 2.38. The summed E-state index contributed by atoms with van der Waals surface area (Å²) in [6.07, 6.45) is 1.05. The number of para-hydroxylation sites is 1. The van der Waals surface area contributed by atoms with Crippen LogP contribution in [0.3, 0.4) is 0 Å². The van der Waals surface area contributed by atoms with E-state index >= 15 is 0 Å². The van der Waals surface area contributed by atoms with Crippen LogP contribution in [0, 0.1) is 0 Å². The second-order valence-corrected chi connectivity index (χ2v) is 5.85. The van der Waals surface area contributed by atoms with Crippen LogP contribution < -0.4 is 15.5 Å². The van der Waals surface area contributed by atoms with Gasteiger partial charge >= 0.3 is 0 Å². The smallest absolute Gasteiger partial charge is 0.0651 e. The van der Waals surface area contributed by atoms with E-state index in [0.29, 0.717) is 6.04 Å². The first-order valence-corrected chi connectivity index (χ1v) is 7.81. The molecule has 0 spiro atoms. The molecule has 0 saturated heterocycles. The van der Waals surface area contributed by atoms with Gasteiger partial charge in [-0.1, -0.05) is 42.5 Å². The molecular formula is C18H21N3. The summed E-state index contributed by atoms with van der Waals surface area (Å²) in [5, 5.41) is 7.28. The van der Waals surface area contributed by atoms with Crippen LogP contribution in [0.4, 0.5) is 11.4 Å². The van der Waals surface area contributed by atoms with Crippen molar-refractivity contribution in [1.29, 1.82) is 0 Å². The number of anilines is 2. The van der Waals surface area contributed by atoms with Gasteiger partial charge in [-0.3, -0.25) is 0 Å². The largest absolute Gasteiger partial charge is 0.382 e. The van der Waals surface area contributed by atoms with Gasteiger partial charge in [0.05, 0.1) is 11.4 Å². The second kappa shape index (κ2) is 5.41. The van der Waals surface area contributed by atoms with Crippen molar-refractivity contribution in [2.24, 2.45) is 0 Å². The van der Waals surface area contributed by atoms with Gasteiger partial charge < -0.3 is 15.5 Å².